The largest absolute Gasteiger partial charge is 0.494 e. The number of hydrogen-bond acceptors (Lipinski definition) is 5. The molecule has 0 aromatic heterocycles. The van der Waals surface area contributed by atoms with Gasteiger partial charge >= 0.3 is 5.97 Å². The smallest absolute Gasteiger partial charge is 0.363 e. The first kappa shape index (κ1) is 21.8. The molecule has 160 valence electrons. The fourth-order valence-corrected chi connectivity index (χ4v) is 3.67. The third kappa shape index (κ3) is 6.88. The molecule has 1 heterocycles. The van der Waals surface area contributed by atoms with E-state index < -0.39 is 11.9 Å². The number of piperidine rings is 1. The SMILES string of the molecule is CC(=O)NOC(=O)c1ccccc1CCCOc1cccc(CN2CCCCC2)c1. The Balaban J connectivity index is 1.47. The van der Waals surface area contributed by atoms with Crippen LogP contribution < -0.4 is 10.2 Å². The molecule has 0 spiro atoms. The molecule has 2 aromatic carbocycles. The Hall–Kier alpha value is -2.86. The first-order chi connectivity index (χ1) is 14.6. The van der Waals surface area contributed by atoms with Crippen LogP contribution in [0.3, 0.4) is 0 Å². The van der Waals surface area contributed by atoms with E-state index in [1.54, 1.807) is 12.1 Å². The topological polar surface area (TPSA) is 67.9 Å². The molecule has 0 aliphatic carbocycles. The minimum Gasteiger partial charge on any atom is -0.494 e. The number of carbonyl (C=O) groups excluding carboxylic acids is 2. The molecule has 6 heteroatoms. The van der Waals surface area contributed by atoms with Gasteiger partial charge in [0.05, 0.1) is 12.2 Å². The van der Waals surface area contributed by atoms with Gasteiger partial charge in [0.15, 0.2) is 0 Å². The normalized spacial score (nSPS) is 14.2. The van der Waals surface area contributed by atoms with Crippen molar-refractivity contribution < 1.29 is 19.2 Å². The Morgan fingerprint density at radius 1 is 1.03 bits per heavy atom. The maximum Gasteiger partial charge on any atom is 0.363 e. The average molecular weight is 411 g/mol. The quantitative estimate of drug-likeness (QED) is 0.528. The summed E-state index contributed by atoms with van der Waals surface area (Å²) in [6, 6.07) is 15.5. The predicted molar refractivity (Wildman–Crippen MR) is 115 cm³/mol. The minimum absolute atomic E-state index is 0.420. The van der Waals surface area contributed by atoms with Gasteiger partial charge in [-0.1, -0.05) is 36.8 Å². The first-order valence-electron chi connectivity index (χ1n) is 10.6. The van der Waals surface area contributed by atoms with Crippen LogP contribution >= 0.6 is 0 Å². The molecule has 1 saturated heterocycles. The molecule has 3 rings (SSSR count). The number of carbonyl (C=O) groups is 2. The molecule has 0 radical (unpaired) electrons. The van der Waals surface area contributed by atoms with E-state index in [2.05, 4.69) is 22.5 Å². The van der Waals surface area contributed by atoms with E-state index in [-0.39, 0.29) is 0 Å². The molecule has 0 atom stereocenters. The zero-order chi connectivity index (χ0) is 21.2. The van der Waals surface area contributed by atoms with E-state index >= 15 is 0 Å². The Morgan fingerprint density at radius 2 is 1.83 bits per heavy atom. The van der Waals surface area contributed by atoms with Crippen LogP contribution in [0.5, 0.6) is 5.75 Å². The van der Waals surface area contributed by atoms with Crippen LogP contribution in [0.4, 0.5) is 0 Å². The summed E-state index contributed by atoms with van der Waals surface area (Å²) in [4.78, 5) is 30.4. The number of likely N-dealkylation sites (tertiary alicyclic amines) is 1. The number of aryl methyl sites for hydroxylation is 1. The van der Waals surface area contributed by atoms with Crippen LogP contribution in [-0.4, -0.2) is 36.5 Å². The number of nitrogens with one attached hydrogen (secondary N) is 1. The van der Waals surface area contributed by atoms with Crippen molar-refractivity contribution in [3.05, 3.63) is 65.2 Å². The van der Waals surface area contributed by atoms with Crippen LogP contribution in [0.15, 0.2) is 48.5 Å². The molecule has 1 N–H and O–H groups in total. The van der Waals surface area contributed by atoms with Gasteiger partial charge in [-0.15, -0.1) is 0 Å². The summed E-state index contributed by atoms with van der Waals surface area (Å²) < 4.78 is 5.95. The highest BCUT2D eigenvalue weighted by Gasteiger charge is 2.13. The van der Waals surface area contributed by atoms with Crippen molar-refractivity contribution >= 4 is 11.9 Å². The Bertz CT molecular complexity index is 847. The van der Waals surface area contributed by atoms with Crippen molar-refractivity contribution in [3.8, 4) is 5.75 Å². The van der Waals surface area contributed by atoms with E-state index in [0.29, 0.717) is 18.6 Å². The lowest BCUT2D eigenvalue weighted by Gasteiger charge is -2.26. The Labute approximate surface area is 178 Å². The number of amides is 1. The molecule has 1 aliphatic heterocycles. The van der Waals surface area contributed by atoms with Crippen LogP contribution in [0, 0.1) is 0 Å². The van der Waals surface area contributed by atoms with Crippen molar-refractivity contribution in [1.82, 2.24) is 10.4 Å². The zero-order valence-corrected chi connectivity index (χ0v) is 17.6. The number of rotatable bonds is 8. The molecule has 6 nitrogen and oxygen atoms in total. The van der Waals surface area contributed by atoms with Crippen LogP contribution in [0.1, 0.15) is 54.1 Å². The number of nitrogens with zero attached hydrogens (tertiary/aromatic N) is 1. The molecule has 0 bridgehead atoms. The van der Waals surface area contributed by atoms with Crippen molar-refractivity contribution in [2.45, 2.75) is 45.6 Å². The summed E-state index contributed by atoms with van der Waals surface area (Å²) in [6.07, 6.45) is 5.36. The van der Waals surface area contributed by atoms with E-state index in [1.165, 1.54) is 44.8 Å². The molecular formula is C24H30N2O4. The third-order valence-electron chi connectivity index (χ3n) is 5.14. The highest BCUT2D eigenvalue weighted by Crippen LogP contribution is 2.18. The molecule has 1 amide bonds. The van der Waals surface area contributed by atoms with Crippen LogP contribution in [-0.2, 0) is 22.6 Å². The van der Waals surface area contributed by atoms with Gasteiger partial charge in [0.1, 0.15) is 5.75 Å². The second-order valence-electron chi connectivity index (χ2n) is 7.64. The lowest BCUT2D eigenvalue weighted by Crippen LogP contribution is -2.29. The first-order valence-corrected chi connectivity index (χ1v) is 10.6. The fourth-order valence-electron chi connectivity index (χ4n) is 3.67. The van der Waals surface area contributed by atoms with Crippen molar-refractivity contribution in [1.29, 1.82) is 0 Å². The zero-order valence-electron chi connectivity index (χ0n) is 17.6. The van der Waals surface area contributed by atoms with Crippen molar-refractivity contribution in [2.75, 3.05) is 19.7 Å². The molecule has 1 aliphatic rings. The Kier molecular flexibility index (Phi) is 8.27. The molecule has 0 unspecified atom stereocenters. The van der Waals surface area contributed by atoms with Crippen molar-refractivity contribution in [2.24, 2.45) is 0 Å². The minimum atomic E-state index is -0.563. The summed E-state index contributed by atoms with van der Waals surface area (Å²) in [5, 5.41) is 0. The highest BCUT2D eigenvalue weighted by molar-refractivity contribution is 5.91. The van der Waals surface area contributed by atoms with Gasteiger partial charge in [0.2, 0.25) is 5.91 Å². The summed E-state index contributed by atoms with van der Waals surface area (Å²) in [5.74, 6) is -0.105. The standard InChI is InChI=1S/C24H30N2O4/c1-19(27)25-30-24(28)23-13-4-3-10-21(23)11-8-16-29-22-12-7-9-20(17-22)18-26-14-5-2-6-15-26/h3-4,7,9-10,12-13,17H,2,5-6,8,11,14-16,18H2,1H3,(H,25,27). The second-order valence-corrected chi connectivity index (χ2v) is 7.64. The predicted octanol–water partition coefficient (Wildman–Crippen LogP) is 3.89. The highest BCUT2D eigenvalue weighted by atomic mass is 16.7. The van der Waals surface area contributed by atoms with Crippen LogP contribution in [0.25, 0.3) is 0 Å². The van der Waals surface area contributed by atoms with E-state index in [9.17, 15) is 9.59 Å². The number of benzene rings is 2. The molecule has 2 aromatic rings. The maximum atomic E-state index is 12.2. The number of hydrogen-bond donors (Lipinski definition) is 1. The summed E-state index contributed by atoms with van der Waals surface area (Å²) in [5.41, 5.74) is 4.68. The van der Waals surface area contributed by atoms with Gasteiger partial charge in [-0.2, -0.15) is 5.48 Å². The van der Waals surface area contributed by atoms with Gasteiger partial charge in [0, 0.05) is 13.5 Å². The average Bonchev–Trinajstić information content (AvgIpc) is 2.76. The Morgan fingerprint density at radius 3 is 2.63 bits per heavy atom. The fraction of sp³-hybridized carbons (Fsp3) is 0.417. The third-order valence-corrected chi connectivity index (χ3v) is 5.14. The van der Waals surface area contributed by atoms with Crippen molar-refractivity contribution in [3.63, 3.8) is 0 Å². The summed E-state index contributed by atoms with van der Waals surface area (Å²) in [7, 11) is 0. The monoisotopic (exact) mass is 410 g/mol. The maximum absolute atomic E-state index is 12.2. The molecule has 1 fully saturated rings. The summed E-state index contributed by atoms with van der Waals surface area (Å²) in [6.45, 7) is 5.17. The van der Waals surface area contributed by atoms with Gasteiger partial charge in [-0.05, 0) is 68.1 Å². The second kappa shape index (κ2) is 11.4. The van der Waals surface area contributed by atoms with Gasteiger partial charge in [0.25, 0.3) is 0 Å². The van der Waals surface area contributed by atoms with E-state index in [4.69, 9.17) is 9.57 Å². The van der Waals surface area contributed by atoms with E-state index in [0.717, 1.165) is 24.3 Å². The number of ether oxygens (including phenoxy) is 1. The lowest BCUT2D eigenvalue weighted by atomic mass is 10.0. The molecule has 30 heavy (non-hydrogen) atoms. The van der Waals surface area contributed by atoms with Gasteiger partial charge < -0.3 is 9.57 Å². The van der Waals surface area contributed by atoms with Gasteiger partial charge in [-0.25, -0.2) is 4.79 Å². The summed E-state index contributed by atoms with van der Waals surface area (Å²) >= 11 is 0. The number of hydroxylamine groups is 1. The molecule has 0 saturated carbocycles. The lowest BCUT2D eigenvalue weighted by molar-refractivity contribution is -0.127. The molecular weight excluding hydrogens is 380 g/mol. The van der Waals surface area contributed by atoms with E-state index in [1.807, 2.05) is 24.3 Å². The van der Waals surface area contributed by atoms with Crippen LogP contribution in [0.2, 0.25) is 0 Å². The van der Waals surface area contributed by atoms with Gasteiger partial charge in [-0.3, -0.25) is 9.69 Å².